The third-order valence-electron chi connectivity index (χ3n) is 5.27. The maximum atomic E-state index is 12.8. The molecule has 0 radical (unpaired) electrons. The van der Waals surface area contributed by atoms with E-state index in [9.17, 15) is 4.79 Å². The van der Waals surface area contributed by atoms with Crippen molar-refractivity contribution >= 4 is 16.7 Å². The van der Waals surface area contributed by atoms with Gasteiger partial charge in [0.1, 0.15) is 18.1 Å². The van der Waals surface area contributed by atoms with Crippen molar-refractivity contribution in [2.24, 2.45) is 5.92 Å². The Morgan fingerprint density at radius 1 is 1.18 bits per heavy atom. The highest BCUT2D eigenvalue weighted by molar-refractivity contribution is 5.91. The number of rotatable bonds is 6. The number of hydrogen-bond donors (Lipinski definition) is 1. The lowest BCUT2D eigenvalue weighted by atomic mass is 9.98. The first-order chi connectivity index (χ1) is 13.7. The Balaban J connectivity index is 1.37. The fourth-order valence-corrected chi connectivity index (χ4v) is 3.84. The SMILES string of the molecule is CNCC1CCCN(C(=O)c2ccc(COc3ccc4ccccc4c3)o2)C1. The average molecular weight is 378 g/mol. The molecule has 0 aliphatic carbocycles. The summed E-state index contributed by atoms with van der Waals surface area (Å²) in [4.78, 5) is 14.7. The molecule has 4 rings (SSSR count). The summed E-state index contributed by atoms with van der Waals surface area (Å²) in [5.41, 5.74) is 0. The van der Waals surface area contributed by atoms with Crippen LogP contribution in [0.1, 0.15) is 29.2 Å². The van der Waals surface area contributed by atoms with Gasteiger partial charge >= 0.3 is 0 Å². The first-order valence-electron chi connectivity index (χ1n) is 9.87. The predicted octanol–water partition coefficient (Wildman–Crippen LogP) is 4.08. The Hall–Kier alpha value is -2.79. The Labute approximate surface area is 165 Å². The minimum Gasteiger partial charge on any atom is -0.486 e. The molecule has 28 heavy (non-hydrogen) atoms. The van der Waals surface area contributed by atoms with Crippen LogP contribution < -0.4 is 10.1 Å². The molecular formula is C23H26N2O3. The van der Waals surface area contributed by atoms with Gasteiger partial charge in [-0.15, -0.1) is 0 Å². The minimum atomic E-state index is -0.0299. The highest BCUT2D eigenvalue weighted by atomic mass is 16.5. The van der Waals surface area contributed by atoms with Gasteiger partial charge in [0.05, 0.1) is 0 Å². The van der Waals surface area contributed by atoms with E-state index in [4.69, 9.17) is 9.15 Å². The van der Waals surface area contributed by atoms with E-state index in [1.807, 2.05) is 48.3 Å². The van der Waals surface area contributed by atoms with Crippen molar-refractivity contribution in [3.05, 3.63) is 66.1 Å². The molecule has 146 valence electrons. The number of furan rings is 1. The monoisotopic (exact) mass is 378 g/mol. The van der Waals surface area contributed by atoms with Gasteiger partial charge in [-0.05, 0) is 67.4 Å². The number of carbonyl (C=O) groups is 1. The topological polar surface area (TPSA) is 54.7 Å². The molecule has 5 heteroatoms. The molecular weight excluding hydrogens is 352 g/mol. The lowest BCUT2D eigenvalue weighted by Crippen LogP contribution is -2.42. The Kier molecular flexibility index (Phi) is 5.63. The van der Waals surface area contributed by atoms with Crippen LogP contribution in [0.5, 0.6) is 5.75 Å². The maximum absolute atomic E-state index is 12.8. The van der Waals surface area contributed by atoms with E-state index in [0.29, 0.717) is 24.0 Å². The largest absolute Gasteiger partial charge is 0.486 e. The van der Waals surface area contributed by atoms with Crippen LogP contribution in [0.15, 0.2) is 59.0 Å². The molecule has 5 nitrogen and oxygen atoms in total. The van der Waals surface area contributed by atoms with Crippen molar-refractivity contribution in [3.63, 3.8) is 0 Å². The number of amides is 1. The molecule has 1 saturated heterocycles. The number of nitrogens with one attached hydrogen (secondary N) is 1. The fourth-order valence-electron chi connectivity index (χ4n) is 3.84. The van der Waals surface area contributed by atoms with Gasteiger partial charge in [0.25, 0.3) is 5.91 Å². The van der Waals surface area contributed by atoms with Crippen LogP contribution in [0.3, 0.4) is 0 Å². The second kappa shape index (κ2) is 8.48. The zero-order valence-electron chi connectivity index (χ0n) is 16.2. The zero-order chi connectivity index (χ0) is 19.3. The highest BCUT2D eigenvalue weighted by Gasteiger charge is 2.26. The molecule has 0 saturated carbocycles. The number of hydrogen-bond acceptors (Lipinski definition) is 4. The van der Waals surface area contributed by atoms with Crippen molar-refractivity contribution in [2.75, 3.05) is 26.7 Å². The summed E-state index contributed by atoms with van der Waals surface area (Å²) in [7, 11) is 1.95. The smallest absolute Gasteiger partial charge is 0.289 e. The summed E-state index contributed by atoms with van der Waals surface area (Å²) in [5.74, 6) is 2.31. The molecule has 1 aliphatic heterocycles. The first kappa shape index (κ1) is 18.6. The zero-order valence-corrected chi connectivity index (χ0v) is 16.2. The van der Waals surface area contributed by atoms with Gasteiger partial charge in [-0.3, -0.25) is 4.79 Å². The molecule has 1 aliphatic rings. The fraction of sp³-hybridized carbons (Fsp3) is 0.348. The number of likely N-dealkylation sites (tertiary alicyclic amines) is 1. The summed E-state index contributed by atoms with van der Waals surface area (Å²) in [6.45, 7) is 2.81. The van der Waals surface area contributed by atoms with E-state index < -0.39 is 0 Å². The molecule has 3 aromatic rings. The van der Waals surface area contributed by atoms with Crippen molar-refractivity contribution in [1.29, 1.82) is 0 Å². The van der Waals surface area contributed by atoms with Gasteiger partial charge in [-0.25, -0.2) is 0 Å². The van der Waals surface area contributed by atoms with Gasteiger partial charge in [-0.1, -0.05) is 30.3 Å². The van der Waals surface area contributed by atoms with E-state index in [-0.39, 0.29) is 5.91 Å². The molecule has 1 amide bonds. The lowest BCUT2D eigenvalue weighted by Gasteiger charge is -2.32. The van der Waals surface area contributed by atoms with E-state index in [2.05, 4.69) is 17.4 Å². The van der Waals surface area contributed by atoms with Crippen LogP contribution in [0.2, 0.25) is 0 Å². The number of carbonyl (C=O) groups excluding carboxylic acids is 1. The molecule has 1 unspecified atom stereocenters. The molecule has 0 bridgehead atoms. The number of fused-ring (bicyclic) bond motifs is 1. The summed E-state index contributed by atoms with van der Waals surface area (Å²) in [6.07, 6.45) is 2.20. The molecule has 1 fully saturated rings. The quantitative estimate of drug-likeness (QED) is 0.702. The van der Waals surface area contributed by atoms with Crippen LogP contribution in [0.4, 0.5) is 0 Å². The normalized spacial score (nSPS) is 17.0. The highest BCUT2D eigenvalue weighted by Crippen LogP contribution is 2.23. The van der Waals surface area contributed by atoms with Gasteiger partial charge in [0.2, 0.25) is 0 Å². The van der Waals surface area contributed by atoms with Crippen molar-refractivity contribution in [1.82, 2.24) is 10.2 Å². The standard InChI is InChI=1S/C23H26N2O3/c1-24-14-17-5-4-12-25(15-17)23(26)22-11-10-21(28-22)16-27-20-9-8-18-6-2-3-7-19(18)13-20/h2-3,6-11,13,17,24H,4-5,12,14-16H2,1H3. The van der Waals surface area contributed by atoms with Crippen molar-refractivity contribution in [2.45, 2.75) is 19.4 Å². The summed E-state index contributed by atoms with van der Waals surface area (Å²) >= 11 is 0. The summed E-state index contributed by atoms with van der Waals surface area (Å²) < 4.78 is 11.6. The third kappa shape index (κ3) is 4.20. The third-order valence-corrected chi connectivity index (χ3v) is 5.27. The van der Waals surface area contributed by atoms with Crippen LogP contribution in [-0.4, -0.2) is 37.5 Å². The molecule has 1 aromatic heterocycles. The Morgan fingerprint density at radius 3 is 2.89 bits per heavy atom. The van der Waals surface area contributed by atoms with Crippen LogP contribution in [0.25, 0.3) is 10.8 Å². The first-order valence-corrected chi connectivity index (χ1v) is 9.87. The van der Waals surface area contributed by atoms with E-state index in [1.54, 1.807) is 6.07 Å². The molecule has 2 aromatic carbocycles. The van der Waals surface area contributed by atoms with Crippen molar-refractivity contribution < 1.29 is 13.9 Å². The minimum absolute atomic E-state index is 0.0299. The van der Waals surface area contributed by atoms with Gasteiger partial charge < -0.3 is 19.4 Å². The molecule has 1 N–H and O–H groups in total. The van der Waals surface area contributed by atoms with Gasteiger partial charge in [0, 0.05) is 13.1 Å². The van der Waals surface area contributed by atoms with Crippen LogP contribution in [-0.2, 0) is 6.61 Å². The number of piperidine rings is 1. The van der Waals surface area contributed by atoms with Crippen LogP contribution >= 0.6 is 0 Å². The van der Waals surface area contributed by atoms with Crippen LogP contribution in [0, 0.1) is 5.92 Å². The molecule has 2 heterocycles. The Bertz CT molecular complexity index is 948. The van der Waals surface area contributed by atoms with E-state index in [1.165, 1.54) is 5.39 Å². The Morgan fingerprint density at radius 2 is 2.04 bits per heavy atom. The summed E-state index contributed by atoms with van der Waals surface area (Å²) in [6, 6.07) is 17.8. The van der Waals surface area contributed by atoms with E-state index >= 15 is 0 Å². The molecule has 1 atom stereocenters. The average Bonchev–Trinajstić information content (AvgIpc) is 3.21. The second-order valence-corrected chi connectivity index (χ2v) is 7.38. The number of nitrogens with zero attached hydrogens (tertiary/aromatic N) is 1. The maximum Gasteiger partial charge on any atom is 0.289 e. The number of ether oxygens (including phenoxy) is 1. The molecule has 0 spiro atoms. The number of benzene rings is 2. The summed E-state index contributed by atoms with van der Waals surface area (Å²) in [5, 5.41) is 5.52. The lowest BCUT2D eigenvalue weighted by molar-refractivity contribution is 0.0638. The van der Waals surface area contributed by atoms with Crippen molar-refractivity contribution in [3.8, 4) is 5.75 Å². The second-order valence-electron chi connectivity index (χ2n) is 7.38. The predicted molar refractivity (Wildman–Crippen MR) is 110 cm³/mol. The van der Waals surface area contributed by atoms with Gasteiger partial charge in [0.15, 0.2) is 5.76 Å². The van der Waals surface area contributed by atoms with E-state index in [0.717, 1.165) is 43.6 Å². The van der Waals surface area contributed by atoms with Gasteiger partial charge in [-0.2, -0.15) is 0 Å².